The summed E-state index contributed by atoms with van der Waals surface area (Å²) in [5, 5.41) is 3.87. The summed E-state index contributed by atoms with van der Waals surface area (Å²) >= 11 is 0. The molecule has 1 aromatic rings. The summed E-state index contributed by atoms with van der Waals surface area (Å²) in [6.07, 6.45) is 3.90. The Morgan fingerprint density at radius 3 is 2.53 bits per heavy atom. The average Bonchev–Trinajstić information content (AvgIpc) is 2.16. The normalized spacial score (nSPS) is 12.0. The highest BCUT2D eigenvalue weighted by Crippen LogP contribution is 2.09. The number of rotatable bonds is 3. The Hall–Kier alpha value is -1.31. The first-order valence-corrected chi connectivity index (χ1v) is 5.25. The van der Waals surface area contributed by atoms with Gasteiger partial charge in [-0.2, -0.15) is 0 Å². The lowest BCUT2D eigenvalue weighted by Gasteiger charge is -2.14. The molecule has 0 amide bonds. The van der Waals surface area contributed by atoms with Crippen molar-refractivity contribution in [2.45, 2.75) is 39.7 Å². The second kappa shape index (κ2) is 4.96. The first kappa shape index (κ1) is 11.8. The largest absolute Gasteiger partial charge is 0.390 e. The first-order chi connectivity index (χ1) is 7.03. The van der Waals surface area contributed by atoms with Gasteiger partial charge in [0.15, 0.2) is 0 Å². The summed E-state index contributed by atoms with van der Waals surface area (Å²) in [5.41, 5.74) is 1.98. The summed E-state index contributed by atoms with van der Waals surface area (Å²) in [6.45, 7) is 8.00. The van der Waals surface area contributed by atoms with Crippen LogP contribution in [-0.2, 0) is 11.3 Å². The lowest BCUT2D eigenvalue weighted by molar-refractivity contribution is 0.00199. The van der Waals surface area contributed by atoms with E-state index in [1.807, 2.05) is 39.0 Å². The van der Waals surface area contributed by atoms with Crippen LogP contribution in [0.5, 0.6) is 0 Å². The summed E-state index contributed by atoms with van der Waals surface area (Å²) in [4.78, 5) is 5.25. The third kappa shape index (κ3) is 4.15. The number of aryl methyl sites for hydroxylation is 1. The standard InChI is InChI=1S/C13H18NO/c1-5-11-8-6-7-9-12(11)10-14-15-13(2,3)4/h6-9H,5H2,1-4H3. The van der Waals surface area contributed by atoms with Crippen LogP contribution in [0.3, 0.4) is 0 Å². The number of hydrogen-bond donors (Lipinski definition) is 0. The van der Waals surface area contributed by atoms with Crippen molar-refractivity contribution in [3.63, 3.8) is 0 Å². The predicted molar refractivity (Wildman–Crippen MR) is 63.2 cm³/mol. The maximum absolute atomic E-state index is 5.25. The van der Waals surface area contributed by atoms with E-state index in [1.54, 1.807) is 0 Å². The van der Waals surface area contributed by atoms with E-state index in [9.17, 15) is 0 Å². The lowest BCUT2D eigenvalue weighted by Crippen LogP contribution is -2.15. The van der Waals surface area contributed by atoms with Crippen LogP contribution >= 0.6 is 0 Å². The van der Waals surface area contributed by atoms with Gasteiger partial charge in [0.25, 0.3) is 0 Å². The molecule has 2 heteroatoms. The quantitative estimate of drug-likeness (QED) is 0.547. The van der Waals surface area contributed by atoms with Crippen molar-refractivity contribution < 1.29 is 4.84 Å². The molecule has 0 unspecified atom stereocenters. The van der Waals surface area contributed by atoms with Crippen molar-refractivity contribution in [1.29, 1.82) is 0 Å². The second-order valence-electron chi connectivity index (χ2n) is 4.42. The molecule has 0 bridgehead atoms. The second-order valence-corrected chi connectivity index (χ2v) is 4.42. The highest BCUT2D eigenvalue weighted by Gasteiger charge is 2.09. The maximum Gasteiger partial charge on any atom is 0.140 e. The molecule has 0 saturated heterocycles. The van der Waals surface area contributed by atoms with Gasteiger partial charge in [-0.1, -0.05) is 36.3 Å². The van der Waals surface area contributed by atoms with Crippen LogP contribution in [-0.4, -0.2) is 11.8 Å². The fourth-order valence-corrected chi connectivity index (χ4v) is 1.15. The van der Waals surface area contributed by atoms with Crippen LogP contribution in [0.25, 0.3) is 0 Å². The molecule has 0 atom stereocenters. The van der Waals surface area contributed by atoms with E-state index in [0.717, 1.165) is 12.0 Å². The van der Waals surface area contributed by atoms with E-state index in [2.05, 4.69) is 24.4 Å². The molecule has 0 heterocycles. The zero-order chi connectivity index (χ0) is 11.3. The molecule has 15 heavy (non-hydrogen) atoms. The number of nitrogens with zero attached hydrogens (tertiary/aromatic N) is 1. The Kier molecular flexibility index (Phi) is 3.89. The van der Waals surface area contributed by atoms with Gasteiger partial charge in [-0.25, -0.2) is 0 Å². The molecule has 81 valence electrons. The minimum Gasteiger partial charge on any atom is -0.390 e. The van der Waals surface area contributed by atoms with Crippen molar-refractivity contribution in [3.05, 3.63) is 35.4 Å². The molecule has 0 N–H and O–H groups in total. The summed E-state index contributed by atoms with van der Waals surface area (Å²) < 4.78 is 0. The molecule has 0 fully saturated rings. The predicted octanol–water partition coefficient (Wildman–Crippen LogP) is 3.28. The number of benzene rings is 1. The molecule has 0 aliphatic rings. The van der Waals surface area contributed by atoms with Crippen LogP contribution in [0.15, 0.2) is 29.4 Å². The fraction of sp³-hybridized carbons (Fsp3) is 0.462. The molecule has 1 aromatic carbocycles. The van der Waals surface area contributed by atoms with Gasteiger partial charge in [0.2, 0.25) is 0 Å². The molecule has 0 saturated carbocycles. The van der Waals surface area contributed by atoms with E-state index in [0.29, 0.717) is 0 Å². The minimum atomic E-state index is -0.256. The van der Waals surface area contributed by atoms with Gasteiger partial charge < -0.3 is 4.84 Å². The summed E-state index contributed by atoms with van der Waals surface area (Å²) in [6, 6.07) is 8.08. The van der Waals surface area contributed by atoms with E-state index < -0.39 is 0 Å². The molecular formula is C13H18NO. The van der Waals surface area contributed by atoms with Gasteiger partial charge in [-0.15, -0.1) is 0 Å². The SMILES string of the molecule is CCc1ccccc1/[C]=N/OC(C)(C)C. The van der Waals surface area contributed by atoms with Gasteiger partial charge in [0.05, 0.1) is 0 Å². The van der Waals surface area contributed by atoms with E-state index in [4.69, 9.17) is 4.84 Å². The Labute approximate surface area is 91.9 Å². The van der Waals surface area contributed by atoms with Crippen LogP contribution in [0.4, 0.5) is 0 Å². The summed E-state index contributed by atoms with van der Waals surface area (Å²) in [5.74, 6) is 0. The van der Waals surface area contributed by atoms with Crippen LogP contribution < -0.4 is 0 Å². The fourth-order valence-electron chi connectivity index (χ4n) is 1.15. The third-order valence-corrected chi connectivity index (χ3v) is 1.88. The van der Waals surface area contributed by atoms with Gasteiger partial charge >= 0.3 is 0 Å². The average molecular weight is 204 g/mol. The zero-order valence-corrected chi connectivity index (χ0v) is 9.87. The summed E-state index contributed by atoms with van der Waals surface area (Å²) in [7, 11) is 0. The van der Waals surface area contributed by atoms with E-state index in [-0.39, 0.29) is 5.60 Å². The highest BCUT2D eigenvalue weighted by molar-refractivity contribution is 5.81. The van der Waals surface area contributed by atoms with Gasteiger partial charge in [0, 0.05) is 5.56 Å². The Morgan fingerprint density at radius 1 is 1.27 bits per heavy atom. The topological polar surface area (TPSA) is 21.6 Å². The monoisotopic (exact) mass is 204 g/mol. The maximum atomic E-state index is 5.25. The molecule has 0 spiro atoms. The molecule has 2 nitrogen and oxygen atoms in total. The van der Waals surface area contributed by atoms with Gasteiger partial charge in [-0.3, -0.25) is 0 Å². The Morgan fingerprint density at radius 2 is 1.93 bits per heavy atom. The third-order valence-electron chi connectivity index (χ3n) is 1.88. The van der Waals surface area contributed by atoms with Crippen LogP contribution in [0.1, 0.15) is 38.8 Å². The Bertz CT molecular complexity index is 337. The minimum absolute atomic E-state index is 0.256. The molecule has 0 aliphatic heterocycles. The van der Waals surface area contributed by atoms with Crippen molar-refractivity contribution in [1.82, 2.24) is 0 Å². The van der Waals surface area contributed by atoms with E-state index >= 15 is 0 Å². The van der Waals surface area contributed by atoms with Crippen molar-refractivity contribution in [3.8, 4) is 0 Å². The Balaban J connectivity index is 2.72. The number of hydrogen-bond acceptors (Lipinski definition) is 2. The molecular weight excluding hydrogens is 186 g/mol. The van der Waals surface area contributed by atoms with Gasteiger partial charge in [0.1, 0.15) is 11.8 Å². The van der Waals surface area contributed by atoms with Crippen molar-refractivity contribution in [2.24, 2.45) is 5.16 Å². The van der Waals surface area contributed by atoms with Crippen LogP contribution in [0.2, 0.25) is 0 Å². The molecule has 1 rings (SSSR count). The van der Waals surface area contributed by atoms with Crippen LogP contribution in [0, 0.1) is 0 Å². The first-order valence-electron chi connectivity index (χ1n) is 5.25. The van der Waals surface area contributed by atoms with Crippen molar-refractivity contribution >= 4 is 6.21 Å². The zero-order valence-electron chi connectivity index (χ0n) is 9.87. The highest BCUT2D eigenvalue weighted by atomic mass is 16.6. The van der Waals surface area contributed by atoms with Gasteiger partial charge in [-0.05, 0) is 32.8 Å². The van der Waals surface area contributed by atoms with E-state index in [1.165, 1.54) is 5.56 Å². The lowest BCUT2D eigenvalue weighted by atomic mass is 10.1. The van der Waals surface area contributed by atoms with Crippen molar-refractivity contribution in [2.75, 3.05) is 0 Å². The molecule has 0 aliphatic carbocycles. The smallest absolute Gasteiger partial charge is 0.140 e. The molecule has 1 radical (unpaired) electrons. The molecule has 0 aromatic heterocycles.